The summed E-state index contributed by atoms with van der Waals surface area (Å²) in [6.45, 7) is 3.38. The number of amides is 1. The molecule has 2 N–H and O–H groups in total. The Morgan fingerprint density at radius 3 is 2.54 bits per heavy atom. The highest BCUT2D eigenvalue weighted by atomic mass is 16.5. The zero-order valence-corrected chi connectivity index (χ0v) is 16.4. The monoisotopic (exact) mass is 380 g/mol. The number of anilines is 1. The molecular weight excluding hydrogens is 352 g/mol. The van der Waals surface area contributed by atoms with Crippen LogP contribution in [0.4, 0.5) is 5.69 Å². The Hall–Kier alpha value is -2.86. The first-order valence-electron chi connectivity index (χ1n) is 9.72. The van der Waals surface area contributed by atoms with Crippen molar-refractivity contribution < 1.29 is 9.53 Å². The van der Waals surface area contributed by atoms with E-state index >= 15 is 0 Å². The molecule has 3 rings (SSSR count). The first-order valence-corrected chi connectivity index (χ1v) is 9.72. The number of hydrogen-bond acceptors (Lipinski definition) is 3. The number of carbonyl (C=O) groups excluding carboxylic acids is 1. The lowest BCUT2D eigenvalue weighted by Crippen LogP contribution is -2.38. The highest BCUT2D eigenvalue weighted by Gasteiger charge is 2.21. The van der Waals surface area contributed by atoms with Gasteiger partial charge in [-0.3, -0.25) is 9.79 Å². The van der Waals surface area contributed by atoms with Gasteiger partial charge in [-0.25, -0.2) is 0 Å². The molecule has 1 heterocycles. The van der Waals surface area contributed by atoms with Crippen molar-refractivity contribution >= 4 is 17.6 Å². The Balaban J connectivity index is 1.36. The largest absolute Gasteiger partial charge is 0.375 e. The lowest BCUT2D eigenvalue weighted by molar-refractivity contribution is -0.117. The number of nitrogens with zero attached hydrogens (tertiary/aromatic N) is 2. The Labute approximate surface area is 166 Å². The van der Waals surface area contributed by atoms with Crippen LogP contribution in [0.3, 0.4) is 0 Å². The number of guanidine groups is 1. The fourth-order valence-electron chi connectivity index (χ4n) is 3.13. The van der Waals surface area contributed by atoms with E-state index in [-0.39, 0.29) is 5.91 Å². The molecule has 6 heteroatoms. The first kappa shape index (κ1) is 19.9. The molecule has 0 aromatic heterocycles. The molecule has 0 bridgehead atoms. The van der Waals surface area contributed by atoms with Crippen LogP contribution < -0.4 is 15.5 Å². The summed E-state index contributed by atoms with van der Waals surface area (Å²) in [5, 5.41) is 6.54. The van der Waals surface area contributed by atoms with Crippen molar-refractivity contribution in [3.8, 4) is 0 Å². The van der Waals surface area contributed by atoms with E-state index in [1.165, 1.54) is 5.56 Å². The van der Waals surface area contributed by atoms with Gasteiger partial charge in [0.15, 0.2) is 5.96 Å². The number of benzene rings is 2. The van der Waals surface area contributed by atoms with Gasteiger partial charge in [-0.15, -0.1) is 0 Å². The summed E-state index contributed by atoms with van der Waals surface area (Å²) < 4.78 is 5.67. The first-order chi connectivity index (χ1) is 13.8. The molecule has 2 aromatic carbocycles. The van der Waals surface area contributed by atoms with Crippen molar-refractivity contribution in [3.63, 3.8) is 0 Å². The molecule has 0 unspecified atom stereocenters. The zero-order valence-electron chi connectivity index (χ0n) is 16.4. The van der Waals surface area contributed by atoms with Crippen LogP contribution in [0.5, 0.6) is 0 Å². The van der Waals surface area contributed by atoms with E-state index in [2.05, 4.69) is 27.8 Å². The van der Waals surface area contributed by atoms with E-state index in [9.17, 15) is 4.79 Å². The fourth-order valence-corrected chi connectivity index (χ4v) is 3.13. The lowest BCUT2D eigenvalue weighted by Gasteiger charge is -2.16. The molecule has 28 heavy (non-hydrogen) atoms. The second kappa shape index (κ2) is 10.5. The molecule has 1 amide bonds. The van der Waals surface area contributed by atoms with Gasteiger partial charge in [-0.2, -0.15) is 0 Å². The zero-order chi connectivity index (χ0) is 19.6. The van der Waals surface area contributed by atoms with Crippen LogP contribution in [0.1, 0.15) is 24.0 Å². The number of aliphatic imine (C=N–C) groups is 1. The van der Waals surface area contributed by atoms with Gasteiger partial charge in [-0.05, 0) is 29.7 Å². The molecule has 0 atom stereocenters. The number of carbonyl (C=O) groups is 1. The highest BCUT2D eigenvalue weighted by Crippen LogP contribution is 2.21. The van der Waals surface area contributed by atoms with Crippen molar-refractivity contribution in [1.82, 2.24) is 10.6 Å². The summed E-state index contributed by atoms with van der Waals surface area (Å²) >= 11 is 0. The summed E-state index contributed by atoms with van der Waals surface area (Å²) in [5.74, 6) is 0.951. The maximum atomic E-state index is 11.8. The molecule has 1 fully saturated rings. The Morgan fingerprint density at radius 1 is 1.07 bits per heavy atom. The van der Waals surface area contributed by atoms with E-state index in [1.54, 1.807) is 7.05 Å². The molecular formula is C22H28N4O2. The highest BCUT2D eigenvalue weighted by molar-refractivity contribution is 5.95. The van der Waals surface area contributed by atoms with Gasteiger partial charge < -0.3 is 20.3 Å². The Kier molecular flexibility index (Phi) is 7.44. The lowest BCUT2D eigenvalue weighted by atomic mass is 10.2. The van der Waals surface area contributed by atoms with Crippen molar-refractivity contribution in [3.05, 3.63) is 65.7 Å². The van der Waals surface area contributed by atoms with Crippen molar-refractivity contribution in [2.45, 2.75) is 26.0 Å². The number of hydrogen-bond donors (Lipinski definition) is 2. The Bertz CT molecular complexity index is 775. The topological polar surface area (TPSA) is 66.0 Å². The second-order valence-corrected chi connectivity index (χ2v) is 6.71. The second-order valence-electron chi connectivity index (χ2n) is 6.71. The quantitative estimate of drug-likeness (QED) is 0.420. The molecule has 1 aliphatic heterocycles. The van der Waals surface area contributed by atoms with Crippen LogP contribution in [-0.4, -0.2) is 38.6 Å². The van der Waals surface area contributed by atoms with Crippen LogP contribution >= 0.6 is 0 Å². The van der Waals surface area contributed by atoms with E-state index < -0.39 is 0 Å². The SMILES string of the molecule is CN=C(NCCOCc1ccccc1)NCc1ccc(N2CCCC2=O)cc1. The van der Waals surface area contributed by atoms with E-state index in [1.807, 2.05) is 47.4 Å². The number of nitrogens with one attached hydrogen (secondary N) is 2. The standard InChI is InChI=1S/C22H28N4O2/c1-23-22(24-13-15-28-17-19-6-3-2-4-7-19)25-16-18-9-11-20(12-10-18)26-14-5-8-21(26)27/h2-4,6-7,9-12H,5,8,13-17H2,1H3,(H2,23,24,25). The normalized spacial score (nSPS) is 14.4. The van der Waals surface area contributed by atoms with Crippen molar-refractivity contribution in [2.75, 3.05) is 31.6 Å². The van der Waals surface area contributed by atoms with Gasteiger partial charge >= 0.3 is 0 Å². The smallest absolute Gasteiger partial charge is 0.227 e. The minimum atomic E-state index is 0.213. The molecule has 148 valence electrons. The third kappa shape index (κ3) is 5.82. The average Bonchev–Trinajstić information content (AvgIpc) is 3.17. The van der Waals surface area contributed by atoms with Gasteiger partial charge in [0, 0.05) is 38.8 Å². The molecule has 0 radical (unpaired) electrons. The van der Waals surface area contributed by atoms with Gasteiger partial charge in [0.1, 0.15) is 0 Å². The number of ether oxygens (including phenoxy) is 1. The van der Waals surface area contributed by atoms with Crippen molar-refractivity contribution in [1.29, 1.82) is 0 Å². The fraction of sp³-hybridized carbons (Fsp3) is 0.364. The maximum absolute atomic E-state index is 11.8. The summed E-state index contributed by atoms with van der Waals surface area (Å²) in [6.07, 6.45) is 1.60. The van der Waals surface area contributed by atoms with E-state index in [4.69, 9.17) is 4.74 Å². The van der Waals surface area contributed by atoms with Gasteiger partial charge in [0.2, 0.25) is 5.91 Å². The predicted octanol–water partition coefficient (Wildman–Crippen LogP) is 2.70. The predicted molar refractivity (Wildman–Crippen MR) is 112 cm³/mol. The third-order valence-electron chi connectivity index (χ3n) is 4.66. The minimum absolute atomic E-state index is 0.213. The van der Waals surface area contributed by atoms with Gasteiger partial charge in [-0.1, -0.05) is 42.5 Å². The maximum Gasteiger partial charge on any atom is 0.227 e. The van der Waals surface area contributed by atoms with Crippen LogP contribution in [0.15, 0.2) is 59.6 Å². The van der Waals surface area contributed by atoms with Crippen LogP contribution in [0, 0.1) is 0 Å². The molecule has 6 nitrogen and oxygen atoms in total. The summed E-state index contributed by atoms with van der Waals surface area (Å²) in [5.41, 5.74) is 3.28. The van der Waals surface area contributed by atoms with Crippen LogP contribution in [0.2, 0.25) is 0 Å². The minimum Gasteiger partial charge on any atom is -0.375 e. The molecule has 2 aromatic rings. The summed E-state index contributed by atoms with van der Waals surface area (Å²) in [7, 11) is 1.75. The third-order valence-corrected chi connectivity index (χ3v) is 4.66. The summed E-state index contributed by atoms with van der Waals surface area (Å²) in [6, 6.07) is 18.2. The Morgan fingerprint density at radius 2 is 1.86 bits per heavy atom. The molecule has 1 aliphatic rings. The summed E-state index contributed by atoms with van der Waals surface area (Å²) in [4.78, 5) is 17.9. The molecule has 1 saturated heterocycles. The van der Waals surface area contributed by atoms with E-state index in [0.717, 1.165) is 30.2 Å². The van der Waals surface area contributed by atoms with Crippen LogP contribution in [-0.2, 0) is 22.7 Å². The van der Waals surface area contributed by atoms with E-state index in [0.29, 0.717) is 32.7 Å². The number of rotatable bonds is 8. The molecule has 0 aliphatic carbocycles. The molecule has 0 saturated carbocycles. The van der Waals surface area contributed by atoms with Crippen LogP contribution in [0.25, 0.3) is 0 Å². The molecule has 0 spiro atoms. The van der Waals surface area contributed by atoms with Crippen molar-refractivity contribution in [2.24, 2.45) is 4.99 Å². The average molecular weight is 380 g/mol. The van der Waals surface area contributed by atoms with Gasteiger partial charge in [0.05, 0.1) is 13.2 Å². The van der Waals surface area contributed by atoms with Gasteiger partial charge in [0.25, 0.3) is 0 Å².